The van der Waals surface area contributed by atoms with Crippen LogP contribution in [-0.4, -0.2) is 27.6 Å². The summed E-state index contributed by atoms with van der Waals surface area (Å²) in [4.78, 5) is 4.63. The van der Waals surface area contributed by atoms with Crippen molar-refractivity contribution >= 4 is 21.1 Å². The van der Waals surface area contributed by atoms with Gasteiger partial charge in [-0.2, -0.15) is 5.10 Å². The van der Waals surface area contributed by atoms with Crippen LogP contribution in [0.4, 0.5) is 4.39 Å². The molecule has 0 unspecified atom stereocenters. The zero-order valence-corrected chi connectivity index (χ0v) is 16.3. The minimum atomic E-state index is -3.84. The molecule has 30 heavy (non-hydrogen) atoms. The van der Waals surface area contributed by atoms with Crippen molar-refractivity contribution in [3.63, 3.8) is 0 Å². The number of H-pyrrole nitrogens is 1. The van der Waals surface area contributed by atoms with E-state index in [2.05, 4.69) is 15.2 Å². The summed E-state index contributed by atoms with van der Waals surface area (Å²) >= 11 is 0. The van der Waals surface area contributed by atoms with Crippen molar-refractivity contribution in [3.8, 4) is 22.3 Å². The standard InChI is InChI=1S/C22H15FN4O2S/c23-18-8-6-15(7-9-18)16-10-20-21(17-12-25-26-13-17)14-27(22(20)24-11-16)30(28,29)19-4-2-1-3-5-19/h1-14H,(H,25,26). The average molecular weight is 418 g/mol. The Labute approximate surface area is 171 Å². The predicted molar refractivity (Wildman–Crippen MR) is 112 cm³/mol. The Kier molecular flexibility index (Phi) is 4.22. The molecule has 3 heterocycles. The van der Waals surface area contributed by atoms with Crippen molar-refractivity contribution in [1.82, 2.24) is 19.2 Å². The molecule has 0 aliphatic heterocycles. The molecule has 5 rings (SSSR count). The Balaban J connectivity index is 1.76. The maximum absolute atomic E-state index is 13.3. The third-order valence-electron chi connectivity index (χ3n) is 4.90. The summed E-state index contributed by atoms with van der Waals surface area (Å²) in [6, 6.07) is 16.1. The maximum atomic E-state index is 13.3. The van der Waals surface area contributed by atoms with E-state index in [0.29, 0.717) is 16.6 Å². The number of nitrogens with one attached hydrogen (secondary N) is 1. The van der Waals surface area contributed by atoms with Gasteiger partial charge in [-0.15, -0.1) is 0 Å². The first-order valence-electron chi connectivity index (χ1n) is 9.11. The zero-order chi connectivity index (χ0) is 20.7. The smallest absolute Gasteiger partial charge is 0.269 e. The highest BCUT2D eigenvalue weighted by molar-refractivity contribution is 7.90. The molecule has 1 N–H and O–H groups in total. The molecule has 0 fully saturated rings. The molecule has 0 aliphatic rings. The van der Waals surface area contributed by atoms with Gasteiger partial charge in [0.05, 0.1) is 11.1 Å². The molecule has 148 valence electrons. The molecule has 6 nitrogen and oxygen atoms in total. The number of aromatic nitrogens is 4. The normalized spacial score (nSPS) is 11.8. The van der Waals surface area contributed by atoms with E-state index in [-0.39, 0.29) is 10.7 Å². The minimum Gasteiger partial charge on any atom is -0.285 e. The van der Waals surface area contributed by atoms with Crippen LogP contribution >= 0.6 is 0 Å². The number of fused-ring (bicyclic) bond motifs is 1. The summed E-state index contributed by atoms with van der Waals surface area (Å²) in [5, 5.41) is 7.38. The van der Waals surface area contributed by atoms with Gasteiger partial charge in [0.1, 0.15) is 5.82 Å². The second-order valence-electron chi connectivity index (χ2n) is 6.75. The van der Waals surface area contributed by atoms with E-state index in [1.807, 2.05) is 6.07 Å². The number of benzene rings is 2. The molecule has 0 spiro atoms. The van der Waals surface area contributed by atoms with Crippen LogP contribution in [0.2, 0.25) is 0 Å². The number of pyridine rings is 1. The van der Waals surface area contributed by atoms with E-state index in [9.17, 15) is 12.8 Å². The monoisotopic (exact) mass is 418 g/mol. The number of nitrogens with zero attached hydrogens (tertiary/aromatic N) is 3. The predicted octanol–water partition coefficient (Wildman–Crippen LogP) is 4.47. The summed E-state index contributed by atoms with van der Waals surface area (Å²) in [5.41, 5.74) is 3.25. The minimum absolute atomic E-state index is 0.171. The lowest BCUT2D eigenvalue weighted by atomic mass is 10.0. The van der Waals surface area contributed by atoms with Crippen LogP contribution in [-0.2, 0) is 10.0 Å². The van der Waals surface area contributed by atoms with Gasteiger partial charge in [-0.3, -0.25) is 5.10 Å². The summed E-state index contributed by atoms with van der Waals surface area (Å²) in [6.45, 7) is 0. The van der Waals surface area contributed by atoms with Crippen molar-refractivity contribution in [2.75, 3.05) is 0 Å². The highest BCUT2D eigenvalue weighted by Gasteiger charge is 2.23. The Morgan fingerprint density at radius 2 is 1.67 bits per heavy atom. The fraction of sp³-hybridized carbons (Fsp3) is 0. The fourth-order valence-corrected chi connectivity index (χ4v) is 4.74. The summed E-state index contributed by atoms with van der Waals surface area (Å²) < 4.78 is 41.1. The van der Waals surface area contributed by atoms with Gasteiger partial charge >= 0.3 is 0 Å². The Bertz CT molecular complexity index is 1440. The Hall–Kier alpha value is -3.78. The van der Waals surface area contributed by atoms with Crippen molar-refractivity contribution in [2.45, 2.75) is 4.90 Å². The number of rotatable bonds is 4. The first-order valence-corrected chi connectivity index (χ1v) is 10.5. The molecule has 8 heteroatoms. The van der Waals surface area contributed by atoms with Gasteiger partial charge in [0, 0.05) is 40.7 Å². The maximum Gasteiger partial charge on any atom is 0.269 e. The van der Waals surface area contributed by atoms with Crippen LogP contribution in [0.5, 0.6) is 0 Å². The van der Waals surface area contributed by atoms with Crippen LogP contribution in [0.15, 0.2) is 90.3 Å². The van der Waals surface area contributed by atoms with Crippen molar-refractivity contribution in [1.29, 1.82) is 0 Å². The molecule has 2 aromatic carbocycles. The van der Waals surface area contributed by atoms with E-state index in [1.54, 1.807) is 67.3 Å². The molecule has 0 radical (unpaired) electrons. The van der Waals surface area contributed by atoms with Crippen LogP contribution < -0.4 is 0 Å². The number of aromatic amines is 1. The molecule has 0 atom stereocenters. The first-order chi connectivity index (χ1) is 14.5. The molecular formula is C22H15FN4O2S. The largest absolute Gasteiger partial charge is 0.285 e. The highest BCUT2D eigenvalue weighted by atomic mass is 32.2. The quantitative estimate of drug-likeness (QED) is 0.467. The van der Waals surface area contributed by atoms with E-state index in [1.165, 1.54) is 16.1 Å². The second kappa shape index (κ2) is 6.93. The van der Waals surface area contributed by atoms with Crippen LogP contribution in [0.25, 0.3) is 33.3 Å². The van der Waals surface area contributed by atoms with Gasteiger partial charge in [0.25, 0.3) is 10.0 Å². The second-order valence-corrected chi connectivity index (χ2v) is 8.56. The third kappa shape index (κ3) is 2.98. The molecule has 3 aromatic heterocycles. The van der Waals surface area contributed by atoms with E-state index in [0.717, 1.165) is 16.7 Å². The molecule has 0 bridgehead atoms. The van der Waals surface area contributed by atoms with Crippen molar-refractivity contribution in [2.24, 2.45) is 0 Å². The Morgan fingerprint density at radius 1 is 0.900 bits per heavy atom. The SMILES string of the molecule is O=S(=O)(c1ccccc1)n1cc(-c2cn[nH]c2)c2cc(-c3ccc(F)cc3)cnc21. The number of hydrogen-bond acceptors (Lipinski definition) is 4. The van der Waals surface area contributed by atoms with Crippen molar-refractivity contribution < 1.29 is 12.8 Å². The highest BCUT2D eigenvalue weighted by Crippen LogP contribution is 2.34. The number of halogens is 1. The topological polar surface area (TPSA) is 80.6 Å². The van der Waals surface area contributed by atoms with E-state index >= 15 is 0 Å². The van der Waals surface area contributed by atoms with Crippen LogP contribution in [0, 0.1) is 5.82 Å². The van der Waals surface area contributed by atoms with Gasteiger partial charge < -0.3 is 0 Å². The summed E-state index contributed by atoms with van der Waals surface area (Å²) in [5.74, 6) is -0.327. The van der Waals surface area contributed by atoms with Gasteiger partial charge in [0.15, 0.2) is 5.65 Å². The van der Waals surface area contributed by atoms with E-state index in [4.69, 9.17) is 0 Å². The summed E-state index contributed by atoms with van der Waals surface area (Å²) in [7, 11) is -3.84. The van der Waals surface area contributed by atoms with Gasteiger partial charge in [-0.1, -0.05) is 30.3 Å². The first kappa shape index (κ1) is 18.3. The lowest BCUT2D eigenvalue weighted by Crippen LogP contribution is -2.12. The van der Waals surface area contributed by atoms with Gasteiger partial charge in [-0.25, -0.2) is 21.8 Å². The number of hydrogen-bond donors (Lipinski definition) is 1. The molecule has 5 aromatic rings. The zero-order valence-electron chi connectivity index (χ0n) is 15.5. The van der Waals surface area contributed by atoms with E-state index < -0.39 is 10.0 Å². The van der Waals surface area contributed by atoms with Crippen LogP contribution in [0.1, 0.15) is 0 Å². The fourth-order valence-electron chi connectivity index (χ4n) is 3.40. The molecule has 0 saturated carbocycles. The lowest BCUT2D eigenvalue weighted by Gasteiger charge is -2.07. The van der Waals surface area contributed by atoms with Gasteiger partial charge in [-0.05, 0) is 35.9 Å². The molecule has 0 amide bonds. The Morgan fingerprint density at radius 3 is 2.37 bits per heavy atom. The molecule has 0 saturated heterocycles. The lowest BCUT2D eigenvalue weighted by molar-refractivity contribution is 0.589. The van der Waals surface area contributed by atoms with Gasteiger partial charge in [0.2, 0.25) is 0 Å². The third-order valence-corrected chi connectivity index (χ3v) is 6.56. The molecular weight excluding hydrogens is 403 g/mol. The van der Waals surface area contributed by atoms with Crippen molar-refractivity contribution in [3.05, 3.63) is 91.3 Å². The average Bonchev–Trinajstić information content (AvgIpc) is 3.42. The molecule has 0 aliphatic carbocycles. The summed E-state index contributed by atoms with van der Waals surface area (Å²) in [6.07, 6.45) is 6.46. The van der Waals surface area contributed by atoms with Crippen LogP contribution in [0.3, 0.4) is 0 Å².